The number of hydrogen-bond acceptors (Lipinski definition) is 2. The third kappa shape index (κ3) is 2.94. The Kier molecular flexibility index (Phi) is 3.68. The van der Waals surface area contributed by atoms with E-state index in [2.05, 4.69) is 10.3 Å². The van der Waals surface area contributed by atoms with Crippen molar-refractivity contribution in [1.29, 1.82) is 0 Å². The molecule has 21 heavy (non-hydrogen) atoms. The molecule has 0 aliphatic heterocycles. The van der Waals surface area contributed by atoms with Gasteiger partial charge in [-0.15, -0.1) is 0 Å². The SMILES string of the molecule is O=C(NCCn1ccnc1C1CC1)c1c(F)cccc1F. The fraction of sp³-hybridized carbons (Fsp3) is 0.333. The Morgan fingerprint density at radius 3 is 2.71 bits per heavy atom. The van der Waals surface area contributed by atoms with Gasteiger partial charge in [-0.3, -0.25) is 4.79 Å². The molecule has 0 unspecified atom stereocenters. The lowest BCUT2D eigenvalue weighted by atomic mass is 10.2. The number of amides is 1. The molecular weight excluding hydrogens is 276 g/mol. The molecule has 0 spiro atoms. The molecule has 4 nitrogen and oxygen atoms in total. The van der Waals surface area contributed by atoms with Crippen LogP contribution in [0.5, 0.6) is 0 Å². The fourth-order valence-corrected chi connectivity index (χ4v) is 2.30. The summed E-state index contributed by atoms with van der Waals surface area (Å²) >= 11 is 0. The van der Waals surface area contributed by atoms with E-state index < -0.39 is 23.1 Å². The number of benzene rings is 1. The molecule has 0 bridgehead atoms. The highest BCUT2D eigenvalue weighted by Gasteiger charge is 2.27. The van der Waals surface area contributed by atoms with Crippen LogP contribution in [0.4, 0.5) is 8.78 Å². The second-order valence-electron chi connectivity index (χ2n) is 5.11. The Balaban J connectivity index is 1.60. The molecule has 1 heterocycles. The smallest absolute Gasteiger partial charge is 0.257 e. The summed E-state index contributed by atoms with van der Waals surface area (Å²) in [5, 5.41) is 2.54. The zero-order chi connectivity index (χ0) is 14.8. The minimum absolute atomic E-state index is 0.294. The van der Waals surface area contributed by atoms with Crippen molar-refractivity contribution in [2.45, 2.75) is 25.3 Å². The molecule has 1 N–H and O–H groups in total. The van der Waals surface area contributed by atoms with Crippen molar-refractivity contribution in [3.05, 3.63) is 53.6 Å². The van der Waals surface area contributed by atoms with E-state index in [4.69, 9.17) is 0 Å². The maximum Gasteiger partial charge on any atom is 0.257 e. The Labute approximate surface area is 120 Å². The second kappa shape index (κ2) is 5.63. The summed E-state index contributed by atoms with van der Waals surface area (Å²) < 4.78 is 28.9. The van der Waals surface area contributed by atoms with Crippen molar-refractivity contribution in [3.8, 4) is 0 Å². The fourth-order valence-electron chi connectivity index (χ4n) is 2.30. The highest BCUT2D eigenvalue weighted by molar-refractivity contribution is 5.94. The van der Waals surface area contributed by atoms with Crippen LogP contribution in [0.1, 0.15) is 34.9 Å². The molecule has 6 heteroatoms. The van der Waals surface area contributed by atoms with E-state index in [-0.39, 0.29) is 0 Å². The Hall–Kier alpha value is -2.24. The Morgan fingerprint density at radius 1 is 1.33 bits per heavy atom. The largest absolute Gasteiger partial charge is 0.350 e. The van der Waals surface area contributed by atoms with Crippen LogP contribution in [-0.4, -0.2) is 22.0 Å². The van der Waals surface area contributed by atoms with Crippen LogP contribution in [0.25, 0.3) is 0 Å². The van der Waals surface area contributed by atoms with Crippen LogP contribution in [0.3, 0.4) is 0 Å². The number of halogens is 2. The van der Waals surface area contributed by atoms with Crippen molar-refractivity contribution >= 4 is 5.91 Å². The summed E-state index contributed by atoms with van der Waals surface area (Å²) in [6.45, 7) is 0.830. The van der Waals surface area contributed by atoms with E-state index in [1.54, 1.807) is 6.20 Å². The van der Waals surface area contributed by atoms with E-state index in [1.807, 2.05) is 10.8 Å². The maximum absolute atomic E-state index is 13.5. The predicted molar refractivity (Wildman–Crippen MR) is 72.9 cm³/mol. The van der Waals surface area contributed by atoms with Gasteiger partial charge >= 0.3 is 0 Å². The molecule has 1 aliphatic carbocycles. The van der Waals surface area contributed by atoms with Gasteiger partial charge in [0.1, 0.15) is 23.0 Å². The van der Waals surface area contributed by atoms with Crippen molar-refractivity contribution in [2.75, 3.05) is 6.54 Å². The van der Waals surface area contributed by atoms with Gasteiger partial charge in [0.25, 0.3) is 5.91 Å². The summed E-state index contributed by atoms with van der Waals surface area (Å²) in [6.07, 6.45) is 5.86. The lowest BCUT2D eigenvalue weighted by Gasteiger charge is -2.09. The monoisotopic (exact) mass is 291 g/mol. The first kappa shape index (κ1) is 13.7. The van der Waals surface area contributed by atoms with Crippen molar-refractivity contribution in [1.82, 2.24) is 14.9 Å². The summed E-state index contributed by atoms with van der Waals surface area (Å²) in [4.78, 5) is 16.1. The van der Waals surface area contributed by atoms with Crippen LogP contribution >= 0.6 is 0 Å². The molecule has 0 atom stereocenters. The van der Waals surface area contributed by atoms with Crippen LogP contribution in [0.15, 0.2) is 30.6 Å². The molecule has 1 saturated carbocycles. The molecule has 110 valence electrons. The van der Waals surface area contributed by atoms with Gasteiger partial charge < -0.3 is 9.88 Å². The zero-order valence-electron chi connectivity index (χ0n) is 11.4. The van der Waals surface area contributed by atoms with Crippen LogP contribution in [-0.2, 0) is 6.54 Å². The molecule has 0 saturated heterocycles. The van der Waals surface area contributed by atoms with Gasteiger partial charge in [0.2, 0.25) is 0 Å². The molecule has 1 amide bonds. The van der Waals surface area contributed by atoms with Gasteiger partial charge in [0.05, 0.1) is 0 Å². The number of imidazole rings is 1. The van der Waals surface area contributed by atoms with E-state index >= 15 is 0 Å². The van der Waals surface area contributed by atoms with Crippen LogP contribution < -0.4 is 5.32 Å². The highest BCUT2D eigenvalue weighted by atomic mass is 19.1. The van der Waals surface area contributed by atoms with E-state index in [0.29, 0.717) is 19.0 Å². The molecular formula is C15H15F2N3O. The highest BCUT2D eigenvalue weighted by Crippen LogP contribution is 2.38. The molecule has 2 aromatic rings. The molecule has 1 fully saturated rings. The number of rotatable bonds is 5. The Bertz CT molecular complexity index is 644. The summed E-state index contributed by atoms with van der Waals surface area (Å²) in [5.41, 5.74) is -0.537. The third-order valence-electron chi connectivity index (χ3n) is 3.52. The first-order valence-electron chi connectivity index (χ1n) is 6.90. The predicted octanol–water partition coefficient (Wildman–Crippen LogP) is 2.47. The summed E-state index contributed by atoms with van der Waals surface area (Å²) in [6, 6.07) is 3.37. The molecule has 1 aromatic carbocycles. The first-order valence-corrected chi connectivity index (χ1v) is 6.90. The average molecular weight is 291 g/mol. The number of nitrogens with zero attached hydrogens (tertiary/aromatic N) is 2. The first-order chi connectivity index (χ1) is 10.2. The van der Waals surface area contributed by atoms with Gasteiger partial charge in [-0.1, -0.05) is 6.07 Å². The molecule has 3 rings (SSSR count). The Morgan fingerprint density at radius 2 is 2.05 bits per heavy atom. The topological polar surface area (TPSA) is 46.9 Å². The maximum atomic E-state index is 13.5. The summed E-state index contributed by atoms with van der Waals surface area (Å²) in [7, 11) is 0. The normalized spacial score (nSPS) is 14.2. The van der Waals surface area contributed by atoms with Crippen LogP contribution in [0, 0.1) is 11.6 Å². The third-order valence-corrected chi connectivity index (χ3v) is 3.52. The minimum atomic E-state index is -0.853. The standard InChI is InChI=1S/C15H15F2N3O/c16-11-2-1-3-12(17)13(11)15(21)19-7-9-20-8-6-18-14(20)10-4-5-10/h1-3,6,8,10H,4-5,7,9H2,(H,19,21). The molecule has 1 aromatic heterocycles. The molecule has 0 radical (unpaired) electrons. The van der Waals surface area contributed by atoms with E-state index in [0.717, 1.165) is 30.8 Å². The molecule has 1 aliphatic rings. The lowest BCUT2D eigenvalue weighted by Crippen LogP contribution is -2.29. The van der Waals surface area contributed by atoms with Crippen molar-refractivity contribution in [2.24, 2.45) is 0 Å². The van der Waals surface area contributed by atoms with Crippen LogP contribution in [0.2, 0.25) is 0 Å². The van der Waals surface area contributed by atoms with Gasteiger partial charge in [0, 0.05) is 31.4 Å². The number of nitrogens with one attached hydrogen (secondary N) is 1. The van der Waals surface area contributed by atoms with E-state index in [1.165, 1.54) is 6.07 Å². The van der Waals surface area contributed by atoms with Crippen molar-refractivity contribution < 1.29 is 13.6 Å². The van der Waals surface area contributed by atoms with Gasteiger partial charge in [-0.05, 0) is 25.0 Å². The quantitative estimate of drug-likeness (QED) is 0.920. The number of aromatic nitrogens is 2. The van der Waals surface area contributed by atoms with E-state index in [9.17, 15) is 13.6 Å². The van der Waals surface area contributed by atoms with Crippen molar-refractivity contribution in [3.63, 3.8) is 0 Å². The number of carbonyl (C=O) groups excluding carboxylic acids is 1. The summed E-state index contributed by atoms with van der Waals surface area (Å²) in [5.74, 6) is -0.915. The minimum Gasteiger partial charge on any atom is -0.350 e. The zero-order valence-corrected chi connectivity index (χ0v) is 11.4. The van der Waals surface area contributed by atoms with Gasteiger partial charge in [0.15, 0.2) is 0 Å². The lowest BCUT2D eigenvalue weighted by molar-refractivity contribution is 0.0943. The number of hydrogen-bond donors (Lipinski definition) is 1. The van der Waals surface area contributed by atoms with Gasteiger partial charge in [-0.25, -0.2) is 13.8 Å². The number of carbonyl (C=O) groups is 1. The average Bonchev–Trinajstić information content (AvgIpc) is 3.18. The van der Waals surface area contributed by atoms with Gasteiger partial charge in [-0.2, -0.15) is 0 Å². The second-order valence-corrected chi connectivity index (χ2v) is 5.11.